The predicted molar refractivity (Wildman–Crippen MR) is 93.9 cm³/mol. The van der Waals surface area contributed by atoms with Gasteiger partial charge >= 0.3 is 0 Å². The summed E-state index contributed by atoms with van der Waals surface area (Å²) >= 11 is 5.99. The standard InChI is InChI=1S/C18H18ClF3N2O2/c1-10(18(25)23-14-6-5-13(20)16(21)17(14)22)24(2)9-11-8-12(19)4-7-15(11)26-3/h4-8,10H,9H2,1-3H3,(H,23,25)/t10-/m1/s1. The van der Waals surface area contributed by atoms with Crippen molar-refractivity contribution in [2.75, 3.05) is 19.5 Å². The smallest absolute Gasteiger partial charge is 0.241 e. The van der Waals surface area contributed by atoms with Crippen LogP contribution >= 0.6 is 11.6 Å². The molecular formula is C18H18ClF3N2O2. The maximum atomic E-state index is 13.7. The summed E-state index contributed by atoms with van der Waals surface area (Å²) in [5.41, 5.74) is 0.343. The topological polar surface area (TPSA) is 41.6 Å². The summed E-state index contributed by atoms with van der Waals surface area (Å²) < 4.78 is 45.2. The van der Waals surface area contributed by atoms with E-state index in [4.69, 9.17) is 16.3 Å². The largest absolute Gasteiger partial charge is 0.496 e. The fraction of sp³-hybridized carbons (Fsp3) is 0.278. The summed E-state index contributed by atoms with van der Waals surface area (Å²) in [6, 6.07) is 6.15. The van der Waals surface area contributed by atoms with Gasteiger partial charge in [0.05, 0.1) is 18.8 Å². The molecule has 0 heterocycles. The zero-order valence-electron chi connectivity index (χ0n) is 14.4. The first-order chi connectivity index (χ1) is 12.2. The second kappa shape index (κ2) is 8.42. The van der Waals surface area contributed by atoms with Crippen LogP contribution < -0.4 is 10.1 Å². The molecule has 0 aliphatic rings. The third-order valence-electron chi connectivity index (χ3n) is 4.00. The lowest BCUT2D eigenvalue weighted by Gasteiger charge is -2.25. The molecule has 0 unspecified atom stereocenters. The minimum Gasteiger partial charge on any atom is -0.496 e. The van der Waals surface area contributed by atoms with Crippen molar-refractivity contribution in [1.82, 2.24) is 4.90 Å². The van der Waals surface area contributed by atoms with E-state index in [1.54, 1.807) is 37.1 Å². The average molecular weight is 387 g/mol. The monoisotopic (exact) mass is 386 g/mol. The second-order valence-electron chi connectivity index (χ2n) is 5.76. The van der Waals surface area contributed by atoms with Crippen LogP contribution in [-0.4, -0.2) is 31.0 Å². The van der Waals surface area contributed by atoms with Crippen molar-refractivity contribution < 1.29 is 22.7 Å². The van der Waals surface area contributed by atoms with Gasteiger partial charge in [-0.25, -0.2) is 13.2 Å². The van der Waals surface area contributed by atoms with Crippen molar-refractivity contribution >= 4 is 23.2 Å². The Morgan fingerprint density at radius 3 is 2.58 bits per heavy atom. The Balaban J connectivity index is 2.11. The van der Waals surface area contributed by atoms with Crippen LogP contribution in [0.3, 0.4) is 0 Å². The van der Waals surface area contributed by atoms with Crippen LogP contribution in [-0.2, 0) is 11.3 Å². The molecule has 1 N–H and O–H groups in total. The first kappa shape index (κ1) is 20.1. The van der Waals surface area contributed by atoms with Crippen molar-refractivity contribution in [3.8, 4) is 5.75 Å². The van der Waals surface area contributed by atoms with Crippen LogP contribution in [0.5, 0.6) is 5.75 Å². The normalized spacial score (nSPS) is 12.2. The molecule has 2 rings (SSSR count). The number of benzene rings is 2. The lowest BCUT2D eigenvalue weighted by Crippen LogP contribution is -2.39. The van der Waals surface area contributed by atoms with Crippen LogP contribution in [0.2, 0.25) is 5.02 Å². The summed E-state index contributed by atoms with van der Waals surface area (Å²) in [5, 5.41) is 2.79. The highest BCUT2D eigenvalue weighted by Gasteiger charge is 2.22. The number of carbonyl (C=O) groups excluding carboxylic acids is 1. The Bertz CT molecular complexity index is 817. The Hall–Kier alpha value is -2.25. The van der Waals surface area contributed by atoms with Gasteiger partial charge in [0.15, 0.2) is 17.5 Å². The van der Waals surface area contributed by atoms with Crippen molar-refractivity contribution in [3.05, 3.63) is 58.4 Å². The molecule has 0 radical (unpaired) electrons. The van der Waals surface area contributed by atoms with E-state index < -0.39 is 35.1 Å². The van der Waals surface area contributed by atoms with Gasteiger partial charge in [-0.05, 0) is 44.3 Å². The maximum absolute atomic E-state index is 13.7. The van der Waals surface area contributed by atoms with Gasteiger partial charge in [-0.1, -0.05) is 11.6 Å². The van der Waals surface area contributed by atoms with Crippen LogP contribution in [0.1, 0.15) is 12.5 Å². The summed E-state index contributed by atoms with van der Waals surface area (Å²) in [4.78, 5) is 14.0. The number of likely N-dealkylation sites (N-methyl/N-ethyl adjacent to an activating group) is 1. The van der Waals surface area contributed by atoms with E-state index >= 15 is 0 Å². The van der Waals surface area contributed by atoms with Crippen molar-refractivity contribution in [1.29, 1.82) is 0 Å². The summed E-state index contributed by atoms with van der Waals surface area (Å²) in [7, 11) is 3.21. The highest BCUT2D eigenvalue weighted by molar-refractivity contribution is 6.30. The minimum atomic E-state index is -1.63. The van der Waals surface area contributed by atoms with Gasteiger partial charge in [0, 0.05) is 17.1 Å². The first-order valence-electron chi connectivity index (χ1n) is 7.71. The molecule has 2 aromatic carbocycles. The Morgan fingerprint density at radius 2 is 1.92 bits per heavy atom. The number of amides is 1. The molecule has 0 aliphatic carbocycles. The Labute approximate surface area is 154 Å². The number of methoxy groups -OCH3 is 1. The summed E-state index contributed by atoms with van der Waals surface area (Å²) in [5.74, 6) is -4.35. The van der Waals surface area contributed by atoms with Crippen LogP contribution in [0.25, 0.3) is 0 Å². The quantitative estimate of drug-likeness (QED) is 0.755. The van der Waals surface area contributed by atoms with Crippen LogP contribution in [0, 0.1) is 17.5 Å². The van der Waals surface area contributed by atoms with E-state index in [-0.39, 0.29) is 0 Å². The molecule has 1 amide bonds. The molecule has 0 aromatic heterocycles. The van der Waals surface area contributed by atoms with E-state index in [1.165, 1.54) is 7.11 Å². The van der Waals surface area contributed by atoms with Gasteiger partial charge in [0.2, 0.25) is 5.91 Å². The Kier molecular flexibility index (Phi) is 6.50. The van der Waals surface area contributed by atoms with Crippen molar-refractivity contribution in [3.63, 3.8) is 0 Å². The lowest BCUT2D eigenvalue weighted by molar-refractivity contribution is -0.120. The highest BCUT2D eigenvalue weighted by Crippen LogP contribution is 2.25. The van der Waals surface area contributed by atoms with Gasteiger partial charge in [0.25, 0.3) is 0 Å². The number of hydrogen-bond acceptors (Lipinski definition) is 3. The maximum Gasteiger partial charge on any atom is 0.241 e. The molecule has 2 aromatic rings. The number of halogens is 4. The zero-order valence-corrected chi connectivity index (χ0v) is 15.2. The predicted octanol–water partition coefficient (Wildman–Crippen LogP) is 4.22. The van der Waals surface area contributed by atoms with Crippen molar-refractivity contribution in [2.24, 2.45) is 0 Å². The average Bonchev–Trinajstić information content (AvgIpc) is 2.61. The van der Waals surface area contributed by atoms with E-state index in [1.807, 2.05) is 0 Å². The molecule has 0 fully saturated rings. The minimum absolute atomic E-state index is 0.332. The van der Waals surface area contributed by atoms with E-state index in [2.05, 4.69) is 5.32 Å². The van der Waals surface area contributed by atoms with Gasteiger partial charge in [-0.2, -0.15) is 0 Å². The summed E-state index contributed by atoms with van der Waals surface area (Å²) in [6.45, 7) is 1.93. The van der Waals surface area contributed by atoms with Gasteiger partial charge in [-0.3, -0.25) is 9.69 Å². The Morgan fingerprint density at radius 1 is 1.23 bits per heavy atom. The molecule has 8 heteroatoms. The van der Waals surface area contributed by atoms with E-state index in [9.17, 15) is 18.0 Å². The molecule has 140 valence electrons. The number of anilines is 1. The number of nitrogens with zero attached hydrogens (tertiary/aromatic N) is 1. The molecular weight excluding hydrogens is 369 g/mol. The molecule has 0 bridgehead atoms. The van der Waals surface area contributed by atoms with E-state index in [0.29, 0.717) is 17.3 Å². The molecule has 0 saturated carbocycles. The van der Waals surface area contributed by atoms with Crippen molar-refractivity contribution in [2.45, 2.75) is 19.5 Å². The SMILES string of the molecule is COc1ccc(Cl)cc1CN(C)[C@H](C)C(=O)Nc1ccc(F)c(F)c1F. The fourth-order valence-electron chi connectivity index (χ4n) is 2.34. The number of nitrogens with one attached hydrogen (secondary N) is 1. The number of ether oxygens (including phenoxy) is 1. The number of carbonyl (C=O) groups is 1. The molecule has 4 nitrogen and oxygen atoms in total. The number of rotatable bonds is 6. The second-order valence-corrected chi connectivity index (χ2v) is 6.20. The number of hydrogen-bond donors (Lipinski definition) is 1. The van der Waals surface area contributed by atoms with Gasteiger partial charge < -0.3 is 10.1 Å². The molecule has 0 saturated heterocycles. The molecule has 0 spiro atoms. The van der Waals surface area contributed by atoms with Crippen LogP contribution in [0.4, 0.5) is 18.9 Å². The molecule has 0 aliphatic heterocycles. The zero-order chi connectivity index (χ0) is 19.4. The van der Waals surface area contributed by atoms with Crippen LogP contribution in [0.15, 0.2) is 30.3 Å². The highest BCUT2D eigenvalue weighted by atomic mass is 35.5. The third-order valence-corrected chi connectivity index (χ3v) is 4.23. The first-order valence-corrected chi connectivity index (χ1v) is 8.09. The van der Waals surface area contributed by atoms with Gasteiger partial charge in [0.1, 0.15) is 5.75 Å². The molecule has 1 atom stereocenters. The van der Waals surface area contributed by atoms with Gasteiger partial charge in [-0.15, -0.1) is 0 Å². The molecule has 26 heavy (non-hydrogen) atoms. The third kappa shape index (κ3) is 4.47. The van der Waals surface area contributed by atoms with E-state index in [0.717, 1.165) is 17.7 Å². The summed E-state index contributed by atoms with van der Waals surface area (Å²) in [6.07, 6.45) is 0. The fourth-order valence-corrected chi connectivity index (χ4v) is 2.53. The lowest BCUT2D eigenvalue weighted by atomic mass is 10.1.